The summed E-state index contributed by atoms with van der Waals surface area (Å²) < 4.78 is 0. The van der Waals surface area contributed by atoms with Gasteiger partial charge in [0.2, 0.25) is 0 Å². The summed E-state index contributed by atoms with van der Waals surface area (Å²) >= 11 is 7.49. The molecule has 1 aromatic rings. The van der Waals surface area contributed by atoms with E-state index in [9.17, 15) is 0 Å². The van der Waals surface area contributed by atoms with Gasteiger partial charge in [-0.3, -0.25) is 5.32 Å². The number of thioether (sulfide) groups is 1. The highest BCUT2D eigenvalue weighted by Gasteiger charge is 2.24. The maximum absolute atomic E-state index is 8.98. The first-order valence-electron chi connectivity index (χ1n) is 5.32. The molecule has 84 valence electrons. The Bertz CT molecular complexity index is 381. The van der Waals surface area contributed by atoms with Gasteiger partial charge in [0, 0.05) is 21.7 Å². The minimum Gasteiger partial charge on any atom is -0.298 e. The molecule has 0 aromatic heterocycles. The third-order valence-corrected chi connectivity index (χ3v) is 3.76. The average Bonchev–Trinajstić information content (AvgIpc) is 3.10. The van der Waals surface area contributed by atoms with Gasteiger partial charge in [0.1, 0.15) is 6.04 Å². The van der Waals surface area contributed by atoms with Crippen molar-refractivity contribution in [2.75, 3.05) is 5.75 Å². The van der Waals surface area contributed by atoms with Crippen LogP contribution in [0.2, 0.25) is 5.02 Å². The van der Waals surface area contributed by atoms with Crippen LogP contribution in [0.3, 0.4) is 0 Å². The number of hydrogen-bond donors (Lipinski definition) is 1. The molecule has 0 saturated heterocycles. The lowest BCUT2D eigenvalue weighted by molar-refractivity contribution is 0.644. The molecule has 0 bridgehead atoms. The summed E-state index contributed by atoms with van der Waals surface area (Å²) in [6.07, 6.45) is 2.42. The highest BCUT2D eigenvalue weighted by Crippen LogP contribution is 2.23. The molecule has 0 radical (unpaired) electrons. The molecule has 0 spiro atoms. The van der Waals surface area contributed by atoms with E-state index < -0.39 is 0 Å². The number of rotatable bonds is 5. The largest absolute Gasteiger partial charge is 0.298 e. The Labute approximate surface area is 105 Å². The second kappa shape index (κ2) is 5.58. The van der Waals surface area contributed by atoms with Gasteiger partial charge in [0.15, 0.2) is 0 Å². The van der Waals surface area contributed by atoms with Crippen LogP contribution in [-0.2, 0) is 0 Å². The van der Waals surface area contributed by atoms with E-state index in [-0.39, 0.29) is 6.04 Å². The Morgan fingerprint density at radius 3 is 2.69 bits per heavy atom. The summed E-state index contributed by atoms with van der Waals surface area (Å²) in [6.45, 7) is 0. The minimum atomic E-state index is -0.0480. The average molecular weight is 253 g/mol. The Hall–Kier alpha value is -0.690. The molecular formula is C12H13ClN2S. The van der Waals surface area contributed by atoms with E-state index in [1.165, 1.54) is 12.8 Å². The maximum atomic E-state index is 8.98. The fourth-order valence-electron chi connectivity index (χ4n) is 1.37. The van der Waals surface area contributed by atoms with Gasteiger partial charge < -0.3 is 0 Å². The number of nitrogens with one attached hydrogen (secondary N) is 1. The Kier molecular flexibility index (Phi) is 4.11. The van der Waals surface area contributed by atoms with Gasteiger partial charge in [-0.25, -0.2) is 0 Å². The first kappa shape index (κ1) is 11.8. The quantitative estimate of drug-likeness (QED) is 0.818. The molecule has 0 heterocycles. The first-order valence-corrected chi connectivity index (χ1v) is 6.68. The molecule has 1 aromatic carbocycles. The lowest BCUT2D eigenvalue weighted by atomic mass is 10.4. The first-order chi connectivity index (χ1) is 7.78. The Morgan fingerprint density at radius 1 is 1.44 bits per heavy atom. The van der Waals surface area contributed by atoms with E-state index in [2.05, 4.69) is 11.4 Å². The number of halogens is 1. The summed E-state index contributed by atoms with van der Waals surface area (Å²) in [7, 11) is 0. The SMILES string of the molecule is N#CC(CSc1ccc(Cl)cc1)NC1CC1. The van der Waals surface area contributed by atoms with E-state index >= 15 is 0 Å². The van der Waals surface area contributed by atoms with Crippen molar-refractivity contribution < 1.29 is 0 Å². The summed E-state index contributed by atoms with van der Waals surface area (Å²) in [6, 6.07) is 10.5. The number of nitriles is 1. The molecule has 1 aliphatic rings. The number of hydrogen-bond acceptors (Lipinski definition) is 3. The van der Waals surface area contributed by atoms with Crippen LogP contribution in [0.5, 0.6) is 0 Å². The zero-order valence-electron chi connectivity index (χ0n) is 8.82. The van der Waals surface area contributed by atoms with Crippen molar-refractivity contribution in [1.29, 1.82) is 5.26 Å². The lowest BCUT2D eigenvalue weighted by Crippen LogP contribution is -2.31. The van der Waals surface area contributed by atoms with Crippen LogP contribution >= 0.6 is 23.4 Å². The fourth-order valence-corrected chi connectivity index (χ4v) is 2.35. The van der Waals surface area contributed by atoms with Crippen LogP contribution in [0.4, 0.5) is 0 Å². The molecule has 1 unspecified atom stereocenters. The maximum Gasteiger partial charge on any atom is 0.105 e. The van der Waals surface area contributed by atoms with Crippen LogP contribution in [0.1, 0.15) is 12.8 Å². The van der Waals surface area contributed by atoms with Crippen molar-refractivity contribution in [3.05, 3.63) is 29.3 Å². The monoisotopic (exact) mass is 252 g/mol. The normalized spacial score (nSPS) is 16.8. The number of nitrogens with zero attached hydrogens (tertiary/aromatic N) is 1. The van der Waals surface area contributed by atoms with Gasteiger partial charge in [-0.1, -0.05) is 11.6 Å². The molecule has 1 N–H and O–H groups in total. The van der Waals surface area contributed by atoms with Crippen molar-refractivity contribution in [3.63, 3.8) is 0 Å². The highest BCUT2D eigenvalue weighted by molar-refractivity contribution is 7.99. The summed E-state index contributed by atoms with van der Waals surface area (Å²) in [5.74, 6) is 0.786. The van der Waals surface area contributed by atoms with Crippen molar-refractivity contribution in [1.82, 2.24) is 5.32 Å². The molecule has 1 atom stereocenters. The van der Waals surface area contributed by atoms with Gasteiger partial charge in [-0.05, 0) is 37.1 Å². The van der Waals surface area contributed by atoms with E-state index in [0.717, 1.165) is 15.7 Å². The molecule has 0 aliphatic heterocycles. The summed E-state index contributed by atoms with van der Waals surface area (Å²) in [5, 5.41) is 13.0. The van der Waals surface area contributed by atoms with Gasteiger partial charge in [-0.2, -0.15) is 5.26 Å². The number of benzene rings is 1. The van der Waals surface area contributed by atoms with Gasteiger partial charge in [-0.15, -0.1) is 11.8 Å². The fraction of sp³-hybridized carbons (Fsp3) is 0.417. The van der Waals surface area contributed by atoms with Gasteiger partial charge >= 0.3 is 0 Å². The zero-order chi connectivity index (χ0) is 11.4. The molecule has 1 fully saturated rings. The van der Waals surface area contributed by atoms with E-state index in [1.807, 2.05) is 24.3 Å². The predicted octanol–water partition coefficient (Wildman–Crippen LogP) is 3.08. The second-order valence-electron chi connectivity index (χ2n) is 3.89. The molecule has 2 rings (SSSR count). The Morgan fingerprint density at radius 2 is 2.12 bits per heavy atom. The highest BCUT2D eigenvalue weighted by atomic mass is 35.5. The molecule has 1 saturated carbocycles. The van der Waals surface area contributed by atoms with Crippen molar-refractivity contribution in [3.8, 4) is 6.07 Å². The van der Waals surface area contributed by atoms with Crippen LogP contribution in [0.25, 0.3) is 0 Å². The molecule has 0 amide bonds. The third kappa shape index (κ3) is 3.71. The van der Waals surface area contributed by atoms with E-state index in [1.54, 1.807) is 11.8 Å². The predicted molar refractivity (Wildman–Crippen MR) is 67.7 cm³/mol. The van der Waals surface area contributed by atoms with Crippen LogP contribution in [0.15, 0.2) is 29.2 Å². The summed E-state index contributed by atoms with van der Waals surface area (Å²) in [4.78, 5) is 1.15. The van der Waals surface area contributed by atoms with E-state index in [4.69, 9.17) is 16.9 Å². The summed E-state index contributed by atoms with van der Waals surface area (Å²) in [5.41, 5.74) is 0. The standard InChI is InChI=1S/C12H13ClN2S/c13-9-1-5-12(6-2-9)16-8-11(7-14)15-10-3-4-10/h1-2,5-6,10-11,15H,3-4,8H2. The van der Waals surface area contributed by atoms with Crippen molar-refractivity contribution >= 4 is 23.4 Å². The molecule has 16 heavy (non-hydrogen) atoms. The van der Waals surface area contributed by atoms with Crippen LogP contribution < -0.4 is 5.32 Å². The smallest absolute Gasteiger partial charge is 0.105 e. The zero-order valence-corrected chi connectivity index (χ0v) is 10.4. The molecule has 1 aliphatic carbocycles. The molecule has 2 nitrogen and oxygen atoms in total. The minimum absolute atomic E-state index is 0.0480. The molecular weight excluding hydrogens is 240 g/mol. The van der Waals surface area contributed by atoms with Crippen molar-refractivity contribution in [2.24, 2.45) is 0 Å². The molecule has 4 heteroatoms. The third-order valence-electron chi connectivity index (χ3n) is 2.40. The van der Waals surface area contributed by atoms with Gasteiger partial charge in [0.05, 0.1) is 6.07 Å². The van der Waals surface area contributed by atoms with E-state index in [0.29, 0.717) is 6.04 Å². The second-order valence-corrected chi connectivity index (χ2v) is 5.42. The Balaban J connectivity index is 1.80. The topological polar surface area (TPSA) is 35.8 Å². The lowest BCUT2D eigenvalue weighted by Gasteiger charge is -2.09. The van der Waals surface area contributed by atoms with Crippen molar-refractivity contribution in [2.45, 2.75) is 29.8 Å². The van der Waals surface area contributed by atoms with Crippen LogP contribution in [-0.4, -0.2) is 17.8 Å². The van der Waals surface area contributed by atoms with Crippen LogP contribution in [0, 0.1) is 11.3 Å². The van der Waals surface area contributed by atoms with Gasteiger partial charge in [0.25, 0.3) is 0 Å².